The second kappa shape index (κ2) is 13.0. The number of carbonyl (C=O) groups is 2. The van der Waals surface area contributed by atoms with Crippen LogP contribution in [-0.2, 0) is 18.7 Å². The van der Waals surface area contributed by atoms with Gasteiger partial charge >= 0.3 is 11.8 Å². The minimum Gasteiger partial charge on any atom is -0.433 e. The van der Waals surface area contributed by atoms with Crippen LogP contribution >= 0.6 is 8.53 Å². The maximum atomic E-state index is 12.8. The van der Waals surface area contributed by atoms with E-state index in [1.165, 1.54) is 16.8 Å². The van der Waals surface area contributed by atoms with E-state index in [0.29, 0.717) is 5.56 Å². The largest absolute Gasteiger partial charge is 0.508 e. The van der Waals surface area contributed by atoms with Crippen molar-refractivity contribution in [3.05, 3.63) is 118 Å². The first-order valence-electron chi connectivity index (χ1n) is 13.9. The van der Waals surface area contributed by atoms with Gasteiger partial charge in [0.05, 0.1) is 6.10 Å². The van der Waals surface area contributed by atoms with Crippen LogP contribution in [-0.4, -0.2) is 51.9 Å². The smallest absolute Gasteiger partial charge is 0.433 e. The lowest BCUT2D eigenvalue weighted by atomic mass is 9.98. The number of aromatic nitrogens is 2. The van der Waals surface area contributed by atoms with Crippen molar-refractivity contribution in [1.82, 2.24) is 9.55 Å². The van der Waals surface area contributed by atoms with Crippen LogP contribution in [0.15, 0.2) is 95.9 Å². The molecule has 2 aliphatic rings. The minimum atomic E-state index is -2.26. The minimum absolute atomic E-state index is 0.0712. The summed E-state index contributed by atoms with van der Waals surface area (Å²) in [6, 6.07) is 26.0. The number of rotatable bonds is 9. The standard InChI is InChI=1S/C31H29N4O8P/c32-44(39)43-25-16-28(35-15-14-27(34-30(35)37)33-29(36)19-8-2-1-3-9-19)42-26(25)18-41-31(38)40-17-24-22-12-6-4-10-20(22)21-11-5-7-13-23(21)24/h1-15,24-26,28,39H,16-18,32H2,(H,33,34,36,37)/t25-,26+,28+,44?/m0/s1. The SMILES string of the molecule is NP(O)O[C@H]1C[C@H](n2ccc(NC(=O)c3ccccc3)nc2=O)O[C@@H]1COC(=O)OCC1c2ccccc2-c2ccccc21. The van der Waals surface area contributed by atoms with Crippen LogP contribution in [0.5, 0.6) is 0 Å². The Bertz CT molecular complexity index is 1670. The lowest BCUT2D eigenvalue weighted by Crippen LogP contribution is -2.30. The number of anilines is 1. The highest BCUT2D eigenvalue weighted by Gasteiger charge is 2.40. The fourth-order valence-corrected chi connectivity index (χ4v) is 6.03. The number of hydrogen-bond donors (Lipinski definition) is 3. The van der Waals surface area contributed by atoms with Crippen LogP contribution in [0.1, 0.15) is 40.1 Å². The molecular formula is C31H29N4O8P. The summed E-state index contributed by atoms with van der Waals surface area (Å²) in [5, 5.41) is 2.59. The van der Waals surface area contributed by atoms with Gasteiger partial charge in [0.2, 0.25) is 8.53 Å². The Morgan fingerprint density at radius 1 is 0.955 bits per heavy atom. The zero-order valence-corrected chi connectivity index (χ0v) is 24.2. The summed E-state index contributed by atoms with van der Waals surface area (Å²) in [7, 11) is -2.26. The second-order valence-corrected chi connectivity index (χ2v) is 11.0. The normalized spacial score (nSPS) is 19.5. The summed E-state index contributed by atoms with van der Waals surface area (Å²) in [6.45, 7) is -0.186. The summed E-state index contributed by atoms with van der Waals surface area (Å²) < 4.78 is 23.5. The Labute approximate surface area is 253 Å². The molecule has 4 atom stereocenters. The number of nitrogens with two attached hydrogens (primary N) is 1. The summed E-state index contributed by atoms with van der Waals surface area (Å²) in [5.41, 5.74) is 9.59. The molecule has 6 rings (SSSR count). The van der Waals surface area contributed by atoms with Gasteiger partial charge in [-0.2, -0.15) is 4.98 Å². The number of nitrogens with one attached hydrogen (secondary N) is 1. The molecule has 1 aliphatic heterocycles. The molecule has 2 heterocycles. The number of benzene rings is 3. The van der Waals surface area contributed by atoms with Crippen molar-refractivity contribution in [3.63, 3.8) is 0 Å². The van der Waals surface area contributed by atoms with E-state index in [9.17, 15) is 19.3 Å². The average Bonchev–Trinajstić information content (AvgIpc) is 3.57. The number of carbonyl (C=O) groups excluding carboxylic acids is 2. The molecule has 0 saturated carbocycles. The lowest BCUT2D eigenvalue weighted by molar-refractivity contribution is -0.0554. The van der Waals surface area contributed by atoms with Gasteiger partial charge in [0.25, 0.3) is 5.91 Å². The molecule has 3 aromatic carbocycles. The maximum absolute atomic E-state index is 12.8. The fraction of sp³-hybridized carbons (Fsp3) is 0.226. The molecule has 12 nitrogen and oxygen atoms in total. The van der Waals surface area contributed by atoms with E-state index in [1.54, 1.807) is 30.3 Å². The van der Waals surface area contributed by atoms with Crippen molar-refractivity contribution in [1.29, 1.82) is 0 Å². The predicted molar refractivity (Wildman–Crippen MR) is 161 cm³/mol. The Balaban J connectivity index is 1.07. The van der Waals surface area contributed by atoms with E-state index in [1.807, 2.05) is 48.5 Å². The molecule has 0 bridgehead atoms. The van der Waals surface area contributed by atoms with Gasteiger partial charge in [0.15, 0.2) is 0 Å². The van der Waals surface area contributed by atoms with Crippen LogP contribution in [0.3, 0.4) is 0 Å². The van der Waals surface area contributed by atoms with Gasteiger partial charge < -0.3 is 28.9 Å². The van der Waals surface area contributed by atoms with Gasteiger partial charge in [-0.1, -0.05) is 66.7 Å². The third-order valence-electron chi connectivity index (χ3n) is 7.54. The molecule has 0 spiro atoms. The van der Waals surface area contributed by atoms with E-state index in [4.69, 9.17) is 24.2 Å². The second-order valence-electron chi connectivity index (χ2n) is 10.2. The van der Waals surface area contributed by atoms with Crippen LogP contribution in [0.25, 0.3) is 11.1 Å². The summed E-state index contributed by atoms with van der Waals surface area (Å²) >= 11 is 0. The molecule has 1 fully saturated rings. The summed E-state index contributed by atoms with van der Waals surface area (Å²) in [6.07, 6.45) is -1.85. The third-order valence-corrected chi connectivity index (χ3v) is 8.02. The van der Waals surface area contributed by atoms with Crippen molar-refractivity contribution >= 4 is 26.4 Å². The van der Waals surface area contributed by atoms with E-state index < -0.39 is 44.7 Å². The Morgan fingerprint density at radius 3 is 2.25 bits per heavy atom. The lowest BCUT2D eigenvalue weighted by Gasteiger charge is -2.19. The highest BCUT2D eigenvalue weighted by molar-refractivity contribution is 7.43. The summed E-state index contributed by atoms with van der Waals surface area (Å²) in [5.74, 6) is -0.472. The molecule has 1 unspecified atom stereocenters. The number of amides is 1. The monoisotopic (exact) mass is 616 g/mol. The fourth-order valence-electron chi connectivity index (χ4n) is 5.53. The van der Waals surface area contributed by atoms with E-state index in [-0.39, 0.29) is 31.4 Å². The molecule has 226 valence electrons. The molecule has 4 N–H and O–H groups in total. The van der Waals surface area contributed by atoms with Gasteiger partial charge in [-0.3, -0.25) is 14.9 Å². The van der Waals surface area contributed by atoms with E-state index in [2.05, 4.69) is 10.3 Å². The Hall–Kier alpha value is -4.45. The third kappa shape index (κ3) is 6.40. The number of nitrogens with zero attached hydrogens (tertiary/aromatic N) is 2. The maximum Gasteiger partial charge on any atom is 0.508 e. The highest BCUT2D eigenvalue weighted by atomic mass is 31.2. The molecule has 44 heavy (non-hydrogen) atoms. The molecule has 1 aromatic heterocycles. The van der Waals surface area contributed by atoms with Gasteiger partial charge in [0, 0.05) is 24.1 Å². The molecule has 0 radical (unpaired) electrons. The molecular weight excluding hydrogens is 587 g/mol. The molecule has 4 aromatic rings. The Kier molecular flexibility index (Phi) is 8.78. The quantitative estimate of drug-likeness (QED) is 0.182. The zero-order valence-electron chi connectivity index (χ0n) is 23.3. The molecule has 1 aliphatic carbocycles. The van der Waals surface area contributed by atoms with Gasteiger partial charge in [-0.05, 0) is 40.5 Å². The van der Waals surface area contributed by atoms with Gasteiger partial charge in [0.1, 0.15) is 31.4 Å². The molecule has 1 saturated heterocycles. The molecule has 13 heteroatoms. The molecule has 1 amide bonds. The first-order chi connectivity index (χ1) is 21.4. The van der Waals surface area contributed by atoms with Crippen molar-refractivity contribution in [2.24, 2.45) is 5.50 Å². The first kappa shape index (κ1) is 29.6. The van der Waals surface area contributed by atoms with Crippen molar-refractivity contribution in [3.8, 4) is 11.1 Å². The van der Waals surface area contributed by atoms with Crippen LogP contribution in [0.4, 0.5) is 10.6 Å². The zero-order chi connectivity index (χ0) is 30.6. The van der Waals surface area contributed by atoms with Crippen LogP contribution < -0.4 is 16.5 Å². The first-order valence-corrected chi connectivity index (χ1v) is 15.1. The van der Waals surface area contributed by atoms with Gasteiger partial charge in [-0.25, -0.2) is 9.59 Å². The number of hydrogen-bond acceptors (Lipinski definition) is 10. The van der Waals surface area contributed by atoms with E-state index in [0.717, 1.165) is 22.3 Å². The number of fused-ring (bicyclic) bond motifs is 3. The van der Waals surface area contributed by atoms with Crippen molar-refractivity contribution < 1.29 is 33.2 Å². The highest BCUT2D eigenvalue weighted by Crippen LogP contribution is 2.44. The predicted octanol–water partition coefficient (Wildman–Crippen LogP) is 4.31. The summed E-state index contributed by atoms with van der Waals surface area (Å²) in [4.78, 5) is 51.5. The topological polar surface area (TPSA) is 164 Å². The van der Waals surface area contributed by atoms with Crippen molar-refractivity contribution in [2.45, 2.75) is 30.8 Å². The van der Waals surface area contributed by atoms with Gasteiger partial charge in [-0.15, -0.1) is 0 Å². The number of ether oxygens (including phenoxy) is 3. The van der Waals surface area contributed by atoms with Crippen LogP contribution in [0, 0.1) is 0 Å². The van der Waals surface area contributed by atoms with E-state index >= 15 is 0 Å². The van der Waals surface area contributed by atoms with Crippen LogP contribution in [0.2, 0.25) is 0 Å². The Morgan fingerprint density at radius 2 is 1.59 bits per heavy atom. The van der Waals surface area contributed by atoms with Crippen molar-refractivity contribution in [2.75, 3.05) is 18.5 Å². The average molecular weight is 617 g/mol.